The summed E-state index contributed by atoms with van der Waals surface area (Å²) in [5.41, 5.74) is 3.71. The number of rotatable bonds is 2. The van der Waals surface area contributed by atoms with Crippen LogP contribution in [0.4, 0.5) is 4.39 Å². The first-order chi connectivity index (χ1) is 13.8. The largest absolute Gasteiger partial charge is 0.362 e. The zero-order valence-electron chi connectivity index (χ0n) is 17.5. The molecule has 4 nitrogen and oxygen atoms in total. The Balaban J connectivity index is 1.82. The van der Waals surface area contributed by atoms with Gasteiger partial charge < -0.3 is 10.2 Å². The number of likely N-dealkylation sites (tertiary alicyclic amines) is 1. The number of halogens is 1. The second-order valence-electron chi connectivity index (χ2n) is 9.33. The van der Waals surface area contributed by atoms with Crippen LogP contribution in [0.25, 0.3) is 0 Å². The van der Waals surface area contributed by atoms with Crippen molar-refractivity contribution in [2.24, 2.45) is 5.41 Å². The third-order valence-corrected chi connectivity index (χ3v) is 6.32. The lowest BCUT2D eigenvalue weighted by Gasteiger charge is -2.41. The zero-order valence-corrected chi connectivity index (χ0v) is 17.5. The van der Waals surface area contributed by atoms with Crippen molar-refractivity contribution in [3.05, 3.63) is 58.2 Å². The zero-order chi connectivity index (χ0) is 20.8. The molecule has 0 bridgehead atoms. The summed E-state index contributed by atoms with van der Waals surface area (Å²) in [6.07, 6.45) is 4.37. The second-order valence-corrected chi connectivity index (χ2v) is 9.33. The Labute approximate surface area is 171 Å². The van der Waals surface area contributed by atoms with Gasteiger partial charge in [-0.25, -0.2) is 4.39 Å². The van der Waals surface area contributed by atoms with E-state index >= 15 is 0 Å². The fourth-order valence-corrected chi connectivity index (χ4v) is 4.98. The van der Waals surface area contributed by atoms with Gasteiger partial charge in [-0.15, -0.1) is 0 Å². The van der Waals surface area contributed by atoms with E-state index < -0.39 is 5.92 Å². The van der Waals surface area contributed by atoms with E-state index in [-0.39, 0.29) is 22.9 Å². The molecule has 0 radical (unpaired) electrons. The van der Waals surface area contributed by atoms with E-state index in [9.17, 15) is 14.0 Å². The first kappa shape index (κ1) is 19.9. The van der Waals surface area contributed by atoms with Crippen LogP contribution >= 0.6 is 0 Å². The van der Waals surface area contributed by atoms with E-state index in [1.807, 2.05) is 11.8 Å². The lowest BCUT2D eigenvalue weighted by molar-refractivity contribution is -0.128. The van der Waals surface area contributed by atoms with Crippen LogP contribution in [0.3, 0.4) is 0 Å². The number of amides is 1. The van der Waals surface area contributed by atoms with Gasteiger partial charge in [0.15, 0.2) is 5.78 Å². The van der Waals surface area contributed by atoms with Crippen LogP contribution in [-0.2, 0) is 9.59 Å². The lowest BCUT2D eigenvalue weighted by atomic mass is 9.68. The molecule has 1 aromatic rings. The molecule has 3 aliphatic rings. The van der Waals surface area contributed by atoms with E-state index in [2.05, 4.69) is 19.2 Å². The van der Waals surface area contributed by atoms with Crippen LogP contribution in [0, 0.1) is 11.2 Å². The Hall–Kier alpha value is -2.43. The average molecular weight is 397 g/mol. The van der Waals surface area contributed by atoms with Crippen LogP contribution in [0.2, 0.25) is 0 Å². The minimum Gasteiger partial charge on any atom is -0.362 e. The molecule has 1 aromatic carbocycles. The number of allylic oxidation sites excluding steroid dienone is 3. The van der Waals surface area contributed by atoms with Gasteiger partial charge in [-0.1, -0.05) is 26.0 Å². The Morgan fingerprint density at radius 1 is 1.10 bits per heavy atom. The van der Waals surface area contributed by atoms with Crippen LogP contribution in [0.15, 0.2) is 46.8 Å². The topological polar surface area (TPSA) is 49.4 Å². The van der Waals surface area contributed by atoms with Crippen molar-refractivity contribution in [3.8, 4) is 0 Å². The predicted molar refractivity (Wildman–Crippen MR) is 110 cm³/mol. The highest BCUT2D eigenvalue weighted by Gasteiger charge is 2.43. The molecule has 2 heterocycles. The maximum absolute atomic E-state index is 13.6. The minimum absolute atomic E-state index is 0.00629. The minimum atomic E-state index is -0.440. The normalized spacial score (nSPS) is 24.3. The Morgan fingerprint density at radius 3 is 2.41 bits per heavy atom. The van der Waals surface area contributed by atoms with Crippen molar-refractivity contribution in [1.29, 1.82) is 0 Å². The molecular formula is C24H29FN2O2. The number of nitrogens with one attached hydrogen (secondary N) is 1. The van der Waals surface area contributed by atoms with Crippen LogP contribution in [-0.4, -0.2) is 29.7 Å². The van der Waals surface area contributed by atoms with Crippen molar-refractivity contribution in [1.82, 2.24) is 10.2 Å². The first-order valence-corrected chi connectivity index (χ1v) is 10.6. The van der Waals surface area contributed by atoms with Gasteiger partial charge in [-0.3, -0.25) is 9.59 Å². The summed E-state index contributed by atoms with van der Waals surface area (Å²) in [4.78, 5) is 28.7. The quantitative estimate of drug-likeness (QED) is 0.804. The molecular weight excluding hydrogens is 367 g/mol. The molecule has 1 N–H and O–H groups in total. The van der Waals surface area contributed by atoms with Crippen LogP contribution in [0.1, 0.15) is 64.4 Å². The Morgan fingerprint density at radius 2 is 1.76 bits per heavy atom. The summed E-state index contributed by atoms with van der Waals surface area (Å²) in [5.74, 6) is -0.690. The fourth-order valence-electron chi connectivity index (χ4n) is 4.98. The molecule has 1 aliphatic carbocycles. The molecule has 1 fully saturated rings. The van der Waals surface area contributed by atoms with Crippen LogP contribution in [0.5, 0.6) is 0 Å². The second kappa shape index (κ2) is 7.43. The highest BCUT2D eigenvalue weighted by atomic mass is 19.1. The van der Waals surface area contributed by atoms with Crippen molar-refractivity contribution < 1.29 is 14.0 Å². The number of carbonyl (C=O) groups excluding carboxylic acids is 2. The summed E-state index contributed by atoms with van der Waals surface area (Å²) >= 11 is 0. The van der Waals surface area contributed by atoms with E-state index in [1.54, 1.807) is 12.1 Å². The van der Waals surface area contributed by atoms with Gasteiger partial charge in [0.2, 0.25) is 0 Å². The smallest absolute Gasteiger partial charge is 0.252 e. The number of carbonyl (C=O) groups is 2. The van der Waals surface area contributed by atoms with E-state index in [0.717, 1.165) is 55.7 Å². The SMILES string of the molecule is CC1=C(C(=O)N2CCCCC2)C(c2ccc(F)cc2)C2=C(CC(C)(C)CC2=O)N1. The third-order valence-electron chi connectivity index (χ3n) is 6.32. The summed E-state index contributed by atoms with van der Waals surface area (Å²) in [7, 11) is 0. The van der Waals surface area contributed by atoms with Gasteiger partial charge in [0.05, 0.1) is 0 Å². The van der Waals surface area contributed by atoms with Gasteiger partial charge in [0.1, 0.15) is 5.82 Å². The maximum Gasteiger partial charge on any atom is 0.252 e. The van der Waals surface area contributed by atoms with Crippen molar-refractivity contribution >= 4 is 11.7 Å². The van der Waals surface area contributed by atoms with Crippen molar-refractivity contribution in [3.63, 3.8) is 0 Å². The predicted octanol–water partition coefficient (Wildman–Crippen LogP) is 4.44. The molecule has 29 heavy (non-hydrogen) atoms. The van der Waals surface area contributed by atoms with Gasteiger partial charge in [0.25, 0.3) is 5.91 Å². The summed E-state index contributed by atoms with van der Waals surface area (Å²) in [6, 6.07) is 6.24. The number of hydrogen-bond donors (Lipinski definition) is 1. The monoisotopic (exact) mass is 396 g/mol. The van der Waals surface area contributed by atoms with Crippen LogP contribution < -0.4 is 5.32 Å². The number of ketones is 1. The van der Waals surface area contributed by atoms with Gasteiger partial charge in [-0.05, 0) is 55.7 Å². The highest BCUT2D eigenvalue weighted by molar-refractivity contribution is 6.05. The summed E-state index contributed by atoms with van der Waals surface area (Å²) in [6.45, 7) is 7.61. The highest BCUT2D eigenvalue weighted by Crippen LogP contribution is 2.47. The molecule has 0 aromatic heterocycles. The summed E-state index contributed by atoms with van der Waals surface area (Å²) < 4.78 is 13.6. The standard InChI is InChI=1S/C24H29FN2O2/c1-15-20(23(29)27-11-5-4-6-12-27)21(16-7-9-17(25)10-8-16)22-18(26-15)13-24(2,3)14-19(22)28/h7-10,21,26H,4-6,11-14H2,1-3H3. The van der Waals surface area contributed by atoms with Gasteiger partial charge in [0, 0.05) is 48.0 Å². The first-order valence-electron chi connectivity index (χ1n) is 10.6. The molecule has 2 aliphatic heterocycles. The van der Waals surface area contributed by atoms with Crippen molar-refractivity contribution in [2.75, 3.05) is 13.1 Å². The number of Topliss-reactive ketones (excluding diaryl/α,β-unsaturated/α-hetero) is 1. The summed E-state index contributed by atoms with van der Waals surface area (Å²) in [5, 5.41) is 3.40. The number of piperidine rings is 1. The molecule has 5 heteroatoms. The van der Waals surface area contributed by atoms with Gasteiger partial charge >= 0.3 is 0 Å². The van der Waals surface area contributed by atoms with Crippen molar-refractivity contribution in [2.45, 2.75) is 58.8 Å². The van der Waals surface area contributed by atoms with E-state index in [4.69, 9.17) is 0 Å². The van der Waals surface area contributed by atoms with Gasteiger partial charge in [-0.2, -0.15) is 0 Å². The lowest BCUT2D eigenvalue weighted by Crippen LogP contribution is -2.43. The number of dihydropyridines is 1. The van der Waals surface area contributed by atoms with E-state index in [1.165, 1.54) is 12.1 Å². The molecule has 1 saturated heterocycles. The Bertz CT molecular complexity index is 905. The number of nitrogens with zero attached hydrogens (tertiary/aromatic N) is 1. The average Bonchev–Trinajstić information content (AvgIpc) is 2.67. The molecule has 0 spiro atoms. The molecule has 4 rings (SSSR count). The molecule has 154 valence electrons. The molecule has 1 unspecified atom stereocenters. The fraction of sp³-hybridized carbons (Fsp3) is 0.500. The molecule has 0 saturated carbocycles. The number of benzene rings is 1. The molecule has 1 amide bonds. The maximum atomic E-state index is 13.6. The Kier molecular flexibility index (Phi) is 5.09. The molecule has 1 atom stereocenters. The van der Waals surface area contributed by atoms with E-state index in [0.29, 0.717) is 17.6 Å². The number of hydrogen-bond acceptors (Lipinski definition) is 3. The third kappa shape index (κ3) is 3.75.